The number of esters is 1. The average molecular weight is 262 g/mol. The smallest absolute Gasteiger partial charge is 0.337 e. The highest BCUT2D eigenvalue weighted by molar-refractivity contribution is 5.94. The molecule has 1 aliphatic heterocycles. The number of allylic oxidation sites excluding steroid dienone is 1. The maximum atomic E-state index is 11.8. The van der Waals surface area contributed by atoms with Crippen molar-refractivity contribution >= 4 is 12.0 Å². The molecule has 100 valence electrons. The van der Waals surface area contributed by atoms with Crippen LogP contribution in [0.2, 0.25) is 0 Å². The van der Waals surface area contributed by atoms with E-state index in [1.165, 1.54) is 19.2 Å². The number of aromatic hydroxyl groups is 1. The number of methoxy groups -OCH3 is 1. The van der Waals surface area contributed by atoms with Crippen LogP contribution in [-0.4, -0.2) is 24.2 Å². The van der Waals surface area contributed by atoms with E-state index in [9.17, 15) is 14.7 Å². The fraction of sp³-hybridized carbons (Fsp3) is 0.231. The molecule has 0 aromatic heterocycles. The lowest BCUT2D eigenvalue weighted by atomic mass is 9.95. The Morgan fingerprint density at radius 2 is 2.16 bits per heavy atom. The van der Waals surface area contributed by atoms with E-state index in [0.29, 0.717) is 16.8 Å². The molecule has 0 saturated heterocycles. The Balaban J connectivity index is 2.49. The number of rotatable bonds is 2. The van der Waals surface area contributed by atoms with E-state index in [1.54, 1.807) is 19.1 Å². The Morgan fingerprint density at radius 3 is 2.79 bits per heavy atom. The molecule has 1 aromatic carbocycles. The van der Waals surface area contributed by atoms with Gasteiger partial charge in [-0.25, -0.2) is 9.59 Å². The van der Waals surface area contributed by atoms with Crippen molar-refractivity contribution in [1.29, 1.82) is 0 Å². The Labute approximate surface area is 110 Å². The number of carbonyl (C=O) groups is 2. The van der Waals surface area contributed by atoms with Crippen molar-refractivity contribution in [2.45, 2.75) is 13.0 Å². The van der Waals surface area contributed by atoms with Crippen molar-refractivity contribution in [3.8, 4) is 5.75 Å². The zero-order valence-corrected chi connectivity index (χ0v) is 10.6. The van der Waals surface area contributed by atoms with E-state index in [4.69, 9.17) is 4.74 Å². The minimum Gasteiger partial charge on any atom is -0.508 e. The van der Waals surface area contributed by atoms with E-state index in [2.05, 4.69) is 10.6 Å². The number of phenolic OH excluding ortho intramolecular Hbond substituents is 1. The molecule has 0 bridgehead atoms. The summed E-state index contributed by atoms with van der Waals surface area (Å²) >= 11 is 0. The van der Waals surface area contributed by atoms with Crippen molar-refractivity contribution in [1.82, 2.24) is 10.6 Å². The Bertz CT molecular complexity index is 566. The first-order valence-electron chi connectivity index (χ1n) is 5.68. The number of carbonyl (C=O) groups excluding carboxylic acids is 2. The first-order chi connectivity index (χ1) is 9.02. The maximum absolute atomic E-state index is 11.8. The van der Waals surface area contributed by atoms with Crippen LogP contribution < -0.4 is 10.6 Å². The molecule has 0 saturated carbocycles. The third-order valence-corrected chi connectivity index (χ3v) is 2.88. The van der Waals surface area contributed by atoms with Crippen LogP contribution in [-0.2, 0) is 9.53 Å². The van der Waals surface area contributed by atoms with Gasteiger partial charge in [-0.2, -0.15) is 0 Å². The second-order valence-corrected chi connectivity index (χ2v) is 4.16. The summed E-state index contributed by atoms with van der Waals surface area (Å²) in [4.78, 5) is 23.3. The Kier molecular flexibility index (Phi) is 3.41. The molecule has 1 heterocycles. The normalized spacial score (nSPS) is 18.6. The number of hydrogen-bond acceptors (Lipinski definition) is 4. The van der Waals surface area contributed by atoms with Crippen molar-refractivity contribution < 1.29 is 19.4 Å². The topological polar surface area (TPSA) is 87.7 Å². The van der Waals surface area contributed by atoms with Crippen LogP contribution in [0.15, 0.2) is 35.5 Å². The molecule has 6 nitrogen and oxygen atoms in total. The molecule has 0 spiro atoms. The lowest BCUT2D eigenvalue weighted by Crippen LogP contribution is -2.45. The van der Waals surface area contributed by atoms with Gasteiger partial charge in [0.25, 0.3) is 0 Å². The summed E-state index contributed by atoms with van der Waals surface area (Å²) in [5.74, 6) is -0.467. The number of nitrogens with one attached hydrogen (secondary N) is 2. The summed E-state index contributed by atoms with van der Waals surface area (Å²) in [6, 6.07) is 5.31. The van der Waals surface area contributed by atoms with Gasteiger partial charge in [0.05, 0.1) is 18.7 Å². The zero-order valence-electron chi connectivity index (χ0n) is 10.6. The predicted molar refractivity (Wildman–Crippen MR) is 67.2 cm³/mol. The molecule has 6 heteroatoms. The average Bonchev–Trinajstić information content (AvgIpc) is 2.37. The van der Waals surface area contributed by atoms with Gasteiger partial charge in [0, 0.05) is 5.70 Å². The largest absolute Gasteiger partial charge is 0.508 e. The molecule has 19 heavy (non-hydrogen) atoms. The highest BCUT2D eigenvalue weighted by atomic mass is 16.5. The molecule has 1 atom stereocenters. The van der Waals surface area contributed by atoms with E-state index in [0.717, 1.165) is 0 Å². The molecule has 1 aliphatic rings. The third kappa shape index (κ3) is 2.52. The van der Waals surface area contributed by atoms with Crippen molar-refractivity contribution in [3.05, 3.63) is 41.1 Å². The molecule has 1 unspecified atom stereocenters. The van der Waals surface area contributed by atoms with Gasteiger partial charge in [-0.15, -0.1) is 0 Å². The summed E-state index contributed by atoms with van der Waals surface area (Å²) in [6.07, 6.45) is 0. The molecular formula is C13H14N2O4. The molecule has 2 rings (SSSR count). The lowest BCUT2D eigenvalue weighted by molar-refractivity contribution is -0.136. The number of ether oxygens (including phenoxy) is 1. The van der Waals surface area contributed by atoms with Crippen LogP contribution in [0.4, 0.5) is 4.79 Å². The number of urea groups is 1. The Morgan fingerprint density at radius 1 is 1.42 bits per heavy atom. The molecule has 0 radical (unpaired) electrons. The van der Waals surface area contributed by atoms with E-state index >= 15 is 0 Å². The van der Waals surface area contributed by atoms with Gasteiger partial charge in [-0.1, -0.05) is 12.1 Å². The third-order valence-electron chi connectivity index (χ3n) is 2.88. The standard InChI is InChI=1S/C13H14N2O4/c1-7-10(12(17)19-2)11(15-13(18)14-7)8-4-3-5-9(16)6-8/h3-6,11,16H,1-2H3,(H2,14,15,18). The molecule has 1 aromatic rings. The van der Waals surface area contributed by atoms with Gasteiger partial charge in [0.2, 0.25) is 0 Å². The first kappa shape index (κ1) is 12.9. The van der Waals surface area contributed by atoms with Gasteiger partial charge < -0.3 is 20.5 Å². The van der Waals surface area contributed by atoms with Crippen LogP contribution in [0.1, 0.15) is 18.5 Å². The fourth-order valence-corrected chi connectivity index (χ4v) is 2.03. The maximum Gasteiger partial charge on any atom is 0.337 e. The summed E-state index contributed by atoms with van der Waals surface area (Å²) in [7, 11) is 1.28. The highest BCUT2D eigenvalue weighted by Gasteiger charge is 2.31. The number of benzene rings is 1. The minimum atomic E-state index is -0.645. The second kappa shape index (κ2) is 5.01. The highest BCUT2D eigenvalue weighted by Crippen LogP contribution is 2.28. The summed E-state index contributed by atoms with van der Waals surface area (Å²) in [5.41, 5.74) is 1.35. The molecule has 0 fully saturated rings. The number of amides is 2. The summed E-state index contributed by atoms with van der Waals surface area (Å²) < 4.78 is 4.73. The molecule has 0 aliphatic carbocycles. The first-order valence-corrected chi connectivity index (χ1v) is 5.68. The second-order valence-electron chi connectivity index (χ2n) is 4.16. The minimum absolute atomic E-state index is 0.0622. The van der Waals surface area contributed by atoms with Crippen molar-refractivity contribution in [2.75, 3.05) is 7.11 Å². The number of hydrogen-bond donors (Lipinski definition) is 3. The molecule has 2 amide bonds. The van der Waals surface area contributed by atoms with Gasteiger partial charge >= 0.3 is 12.0 Å². The van der Waals surface area contributed by atoms with Crippen molar-refractivity contribution in [3.63, 3.8) is 0 Å². The van der Waals surface area contributed by atoms with Crippen LogP contribution in [0, 0.1) is 0 Å². The SMILES string of the molecule is COC(=O)C1=C(C)NC(=O)NC1c1cccc(O)c1. The molecular weight excluding hydrogens is 248 g/mol. The van der Waals surface area contributed by atoms with Crippen molar-refractivity contribution in [2.24, 2.45) is 0 Å². The quantitative estimate of drug-likeness (QED) is 0.699. The van der Waals surface area contributed by atoms with Crippen LogP contribution in [0.3, 0.4) is 0 Å². The van der Waals surface area contributed by atoms with Gasteiger partial charge in [-0.3, -0.25) is 0 Å². The molecule has 3 N–H and O–H groups in total. The van der Waals surface area contributed by atoms with Gasteiger partial charge in [-0.05, 0) is 24.6 Å². The van der Waals surface area contributed by atoms with Gasteiger partial charge in [0.15, 0.2) is 0 Å². The predicted octanol–water partition coefficient (Wildman–Crippen LogP) is 1.19. The fourth-order valence-electron chi connectivity index (χ4n) is 2.03. The monoisotopic (exact) mass is 262 g/mol. The summed E-state index contributed by atoms with van der Waals surface area (Å²) in [5, 5.41) is 14.7. The zero-order chi connectivity index (χ0) is 14.0. The van der Waals surface area contributed by atoms with E-state index < -0.39 is 18.0 Å². The number of phenols is 1. The summed E-state index contributed by atoms with van der Waals surface area (Å²) in [6.45, 7) is 1.63. The lowest BCUT2D eigenvalue weighted by Gasteiger charge is -2.27. The van der Waals surface area contributed by atoms with Crippen LogP contribution >= 0.6 is 0 Å². The van der Waals surface area contributed by atoms with E-state index in [1.807, 2.05) is 0 Å². The van der Waals surface area contributed by atoms with Crippen LogP contribution in [0.5, 0.6) is 5.75 Å². The van der Waals surface area contributed by atoms with E-state index in [-0.39, 0.29) is 5.75 Å². The van der Waals surface area contributed by atoms with Gasteiger partial charge in [0.1, 0.15) is 5.75 Å². The Hall–Kier alpha value is -2.50. The van der Waals surface area contributed by atoms with Crippen LogP contribution in [0.25, 0.3) is 0 Å².